The van der Waals surface area contributed by atoms with Crippen molar-refractivity contribution in [1.82, 2.24) is 9.88 Å². The lowest BCUT2D eigenvalue weighted by Gasteiger charge is -2.43. The summed E-state index contributed by atoms with van der Waals surface area (Å²) in [6, 6.07) is 8.05. The Bertz CT molecular complexity index is 1270. The number of allylic oxidation sites excluding steroid dienone is 3. The molecule has 182 valence electrons. The first-order chi connectivity index (χ1) is 16.8. The molecule has 0 amide bonds. The Labute approximate surface area is 214 Å². The highest BCUT2D eigenvalue weighted by Gasteiger charge is 2.45. The monoisotopic (exact) mass is 509 g/mol. The van der Waals surface area contributed by atoms with Gasteiger partial charge in [0.05, 0.1) is 36.5 Å². The highest BCUT2D eigenvalue weighted by atomic mass is 35.5. The molecule has 0 bridgehead atoms. The maximum atomic E-state index is 13.7. The van der Waals surface area contributed by atoms with Crippen LogP contribution >= 0.6 is 22.9 Å². The third kappa shape index (κ3) is 4.50. The highest BCUT2D eigenvalue weighted by molar-refractivity contribution is 7.10. The van der Waals surface area contributed by atoms with Crippen molar-refractivity contribution in [3.63, 3.8) is 0 Å². The number of carbonyl (C=O) groups excluding carboxylic acids is 1. The van der Waals surface area contributed by atoms with Gasteiger partial charge in [0.15, 0.2) is 10.9 Å². The number of aromatic nitrogens is 1. The van der Waals surface area contributed by atoms with Gasteiger partial charge in [0, 0.05) is 48.4 Å². The minimum atomic E-state index is -0.478. The molecular formula is C26H28ClN5O2S. The van der Waals surface area contributed by atoms with Crippen molar-refractivity contribution in [1.29, 1.82) is 5.26 Å². The number of nitrogens with zero attached hydrogens (tertiary/aromatic N) is 4. The van der Waals surface area contributed by atoms with Crippen molar-refractivity contribution in [2.24, 2.45) is 11.1 Å². The molecule has 3 aliphatic rings. The minimum Gasteiger partial charge on any atom is -0.384 e. The van der Waals surface area contributed by atoms with E-state index in [1.165, 1.54) is 5.56 Å². The fraction of sp³-hybridized carbons (Fsp3) is 0.423. The number of pyridine rings is 1. The third-order valence-electron chi connectivity index (χ3n) is 6.83. The smallest absolute Gasteiger partial charge is 0.162 e. The van der Waals surface area contributed by atoms with Crippen LogP contribution in [0.3, 0.4) is 0 Å². The zero-order valence-corrected chi connectivity index (χ0v) is 21.5. The van der Waals surface area contributed by atoms with Gasteiger partial charge in [0.1, 0.15) is 5.82 Å². The van der Waals surface area contributed by atoms with E-state index in [0.29, 0.717) is 35.5 Å². The van der Waals surface area contributed by atoms with Crippen LogP contribution in [0.4, 0.5) is 5.69 Å². The molecule has 2 aliphatic heterocycles. The van der Waals surface area contributed by atoms with Crippen LogP contribution in [-0.4, -0.2) is 42.0 Å². The second-order valence-electron chi connectivity index (χ2n) is 10.0. The lowest BCUT2D eigenvalue weighted by atomic mass is 9.69. The van der Waals surface area contributed by atoms with Crippen molar-refractivity contribution >= 4 is 34.4 Å². The van der Waals surface area contributed by atoms with Gasteiger partial charge in [-0.3, -0.25) is 14.6 Å². The summed E-state index contributed by atoms with van der Waals surface area (Å²) in [6.07, 6.45) is 2.67. The first kappa shape index (κ1) is 24.0. The van der Waals surface area contributed by atoms with Gasteiger partial charge >= 0.3 is 0 Å². The van der Waals surface area contributed by atoms with Gasteiger partial charge in [-0.25, -0.2) is 4.98 Å². The van der Waals surface area contributed by atoms with Crippen LogP contribution in [0.2, 0.25) is 5.15 Å². The number of ether oxygens (including phenoxy) is 1. The van der Waals surface area contributed by atoms with Gasteiger partial charge in [-0.2, -0.15) is 5.26 Å². The van der Waals surface area contributed by atoms with Crippen molar-refractivity contribution in [3.8, 4) is 6.07 Å². The average molecular weight is 510 g/mol. The summed E-state index contributed by atoms with van der Waals surface area (Å²) in [4.78, 5) is 23.0. The normalized spacial score (nSPS) is 22.9. The molecule has 1 atom stereocenters. The zero-order valence-electron chi connectivity index (χ0n) is 19.9. The van der Waals surface area contributed by atoms with Crippen molar-refractivity contribution in [2.45, 2.75) is 39.2 Å². The van der Waals surface area contributed by atoms with E-state index in [4.69, 9.17) is 22.1 Å². The number of Topliss-reactive ketones (excluding diaryl/α,β-unsaturated/α-hetero) is 1. The van der Waals surface area contributed by atoms with Crippen LogP contribution < -0.4 is 10.6 Å². The molecule has 7 nitrogen and oxygen atoms in total. The van der Waals surface area contributed by atoms with Gasteiger partial charge < -0.3 is 10.5 Å². The molecule has 4 heterocycles. The summed E-state index contributed by atoms with van der Waals surface area (Å²) >= 11 is 8.05. The van der Waals surface area contributed by atoms with Crippen molar-refractivity contribution < 1.29 is 9.53 Å². The third-order valence-corrected chi connectivity index (χ3v) is 8.17. The van der Waals surface area contributed by atoms with Gasteiger partial charge in [-0.05, 0) is 41.0 Å². The number of carbonyl (C=O) groups is 1. The van der Waals surface area contributed by atoms with Crippen LogP contribution in [0.5, 0.6) is 0 Å². The summed E-state index contributed by atoms with van der Waals surface area (Å²) in [6.45, 7) is 8.26. The Kier molecular flexibility index (Phi) is 6.45. The predicted molar refractivity (Wildman–Crippen MR) is 137 cm³/mol. The van der Waals surface area contributed by atoms with Crippen LogP contribution in [0, 0.1) is 16.7 Å². The van der Waals surface area contributed by atoms with E-state index in [1.54, 1.807) is 28.5 Å². The number of hydrogen-bond acceptors (Lipinski definition) is 8. The summed E-state index contributed by atoms with van der Waals surface area (Å²) in [5.74, 6) is -0.122. The first-order valence-corrected chi connectivity index (χ1v) is 13.0. The van der Waals surface area contributed by atoms with Crippen molar-refractivity contribution in [2.75, 3.05) is 31.2 Å². The molecule has 1 aliphatic carbocycles. The maximum absolute atomic E-state index is 13.7. The fourth-order valence-electron chi connectivity index (χ4n) is 5.26. The molecule has 0 unspecified atom stereocenters. The van der Waals surface area contributed by atoms with Crippen LogP contribution in [0.15, 0.2) is 52.4 Å². The average Bonchev–Trinajstić information content (AvgIpc) is 3.27. The SMILES string of the molecule is CC1(C)CC(=O)C2=C(C1)N(c1cccnc1Cl)C(N)=C(C#N)[C@@H]2c1cc(CN2CCOCC2)cs1. The van der Waals surface area contributed by atoms with E-state index < -0.39 is 5.92 Å². The molecule has 2 aromatic rings. The number of anilines is 1. The number of rotatable bonds is 4. The Hall–Kier alpha value is -2.70. The lowest BCUT2D eigenvalue weighted by molar-refractivity contribution is -0.118. The van der Waals surface area contributed by atoms with Crippen LogP contribution in [0.1, 0.15) is 43.0 Å². The highest BCUT2D eigenvalue weighted by Crippen LogP contribution is 2.51. The second-order valence-corrected chi connectivity index (χ2v) is 11.3. The number of halogens is 1. The molecule has 0 saturated carbocycles. The summed E-state index contributed by atoms with van der Waals surface area (Å²) < 4.78 is 5.46. The number of morpholine rings is 1. The Morgan fingerprint density at radius 3 is 2.83 bits per heavy atom. The van der Waals surface area contributed by atoms with E-state index in [1.807, 2.05) is 6.07 Å². The molecule has 5 rings (SSSR count). The van der Waals surface area contributed by atoms with Crippen LogP contribution in [0.25, 0.3) is 0 Å². The van der Waals surface area contributed by atoms with Gasteiger partial charge in [-0.1, -0.05) is 25.4 Å². The molecular weight excluding hydrogens is 482 g/mol. The molecule has 0 spiro atoms. The number of ketones is 1. The van der Waals surface area contributed by atoms with Gasteiger partial charge in [-0.15, -0.1) is 11.3 Å². The molecule has 2 aromatic heterocycles. The number of hydrogen-bond donors (Lipinski definition) is 1. The summed E-state index contributed by atoms with van der Waals surface area (Å²) in [7, 11) is 0. The van der Waals surface area contributed by atoms with E-state index >= 15 is 0 Å². The standard InChI is InChI=1S/C26H28ClN5O2S/c1-26(2)11-19-23(20(33)12-26)22(21-10-16(15-35-21)14-31-6-8-34-9-7-31)17(13-28)25(29)32(19)18-4-3-5-30-24(18)27/h3-5,10,15,22H,6-9,11-12,14,29H2,1-2H3/t22-/m1/s1. The summed E-state index contributed by atoms with van der Waals surface area (Å²) in [5, 5.41) is 12.7. The molecule has 1 fully saturated rings. The largest absolute Gasteiger partial charge is 0.384 e. The van der Waals surface area contributed by atoms with Gasteiger partial charge in [0.2, 0.25) is 0 Å². The molecule has 0 aromatic carbocycles. The number of thiophene rings is 1. The fourth-order valence-corrected chi connectivity index (χ4v) is 6.48. The van der Waals surface area contributed by atoms with Crippen LogP contribution in [-0.2, 0) is 16.1 Å². The molecule has 35 heavy (non-hydrogen) atoms. The Morgan fingerprint density at radius 1 is 1.34 bits per heavy atom. The maximum Gasteiger partial charge on any atom is 0.162 e. The quantitative estimate of drug-likeness (QED) is 0.603. The zero-order chi connectivity index (χ0) is 24.7. The van der Waals surface area contributed by atoms with Crippen molar-refractivity contribution in [3.05, 3.63) is 68.0 Å². The molecule has 9 heteroatoms. The lowest BCUT2D eigenvalue weighted by Crippen LogP contribution is -2.42. The van der Waals surface area contributed by atoms with E-state index in [2.05, 4.69) is 41.2 Å². The Balaban J connectivity index is 1.62. The molecule has 1 saturated heterocycles. The predicted octanol–water partition coefficient (Wildman–Crippen LogP) is 4.57. The minimum absolute atomic E-state index is 0.0506. The number of nitrogens with two attached hydrogens (primary N) is 1. The second kappa shape index (κ2) is 9.40. The van der Waals surface area contributed by atoms with Gasteiger partial charge in [0.25, 0.3) is 0 Å². The topological polar surface area (TPSA) is 95.5 Å². The molecule has 2 N–H and O–H groups in total. The van der Waals surface area contributed by atoms with E-state index in [0.717, 1.165) is 43.4 Å². The van der Waals surface area contributed by atoms with E-state index in [-0.39, 0.29) is 16.4 Å². The Morgan fingerprint density at radius 2 is 2.11 bits per heavy atom. The van der Waals surface area contributed by atoms with E-state index in [9.17, 15) is 10.1 Å². The first-order valence-electron chi connectivity index (χ1n) is 11.7. The molecule has 0 radical (unpaired) electrons. The summed E-state index contributed by atoms with van der Waals surface area (Å²) in [5.41, 5.74) is 10.0. The number of nitriles is 1.